The standard InChI is InChI=1S/C19H24N2O2/c1-19(2,3)23-16-11-9-15(10-12-16)21-18(22)17(20)13-14-7-5-4-6-8-14/h4-12,17H,13,20H2,1-3H3,(H,21,22)/t17-/m0/s1. The van der Waals surface area contributed by atoms with E-state index in [-0.39, 0.29) is 11.5 Å². The molecule has 4 heteroatoms. The molecule has 0 aromatic heterocycles. The summed E-state index contributed by atoms with van der Waals surface area (Å²) in [5, 5.41) is 2.83. The number of hydrogen-bond acceptors (Lipinski definition) is 3. The normalized spacial score (nSPS) is 12.5. The van der Waals surface area contributed by atoms with Crippen LogP contribution in [0.3, 0.4) is 0 Å². The van der Waals surface area contributed by atoms with Gasteiger partial charge in [0.15, 0.2) is 0 Å². The van der Waals surface area contributed by atoms with Crippen LogP contribution < -0.4 is 15.8 Å². The van der Waals surface area contributed by atoms with Crippen LogP contribution >= 0.6 is 0 Å². The monoisotopic (exact) mass is 312 g/mol. The Bertz CT molecular complexity index is 631. The lowest BCUT2D eigenvalue weighted by molar-refractivity contribution is -0.117. The van der Waals surface area contributed by atoms with Gasteiger partial charge in [0.1, 0.15) is 11.4 Å². The maximum Gasteiger partial charge on any atom is 0.241 e. The summed E-state index contributed by atoms with van der Waals surface area (Å²) >= 11 is 0. The van der Waals surface area contributed by atoms with Crippen molar-refractivity contribution in [2.45, 2.75) is 38.8 Å². The fourth-order valence-corrected chi connectivity index (χ4v) is 2.16. The minimum absolute atomic E-state index is 0.196. The van der Waals surface area contributed by atoms with Crippen LogP contribution in [-0.4, -0.2) is 17.6 Å². The number of nitrogens with one attached hydrogen (secondary N) is 1. The lowest BCUT2D eigenvalue weighted by Crippen LogP contribution is -2.37. The summed E-state index contributed by atoms with van der Waals surface area (Å²) in [6.45, 7) is 5.97. The SMILES string of the molecule is CC(C)(C)Oc1ccc(NC(=O)[C@@H](N)Cc2ccccc2)cc1. The largest absolute Gasteiger partial charge is 0.488 e. The van der Waals surface area contributed by atoms with Crippen molar-refractivity contribution in [2.75, 3.05) is 5.32 Å². The van der Waals surface area contributed by atoms with Crippen LogP contribution in [0, 0.1) is 0 Å². The average molecular weight is 312 g/mol. The Balaban J connectivity index is 1.92. The Morgan fingerprint density at radius 3 is 2.26 bits per heavy atom. The van der Waals surface area contributed by atoms with E-state index in [2.05, 4.69) is 5.32 Å². The van der Waals surface area contributed by atoms with Crippen LogP contribution in [0.5, 0.6) is 5.75 Å². The third-order valence-electron chi connectivity index (χ3n) is 3.18. The second kappa shape index (κ2) is 7.29. The quantitative estimate of drug-likeness (QED) is 0.889. The first-order valence-electron chi connectivity index (χ1n) is 7.73. The molecule has 0 aliphatic rings. The third-order valence-corrected chi connectivity index (χ3v) is 3.18. The van der Waals surface area contributed by atoms with Crippen LogP contribution in [0.4, 0.5) is 5.69 Å². The summed E-state index contributed by atoms with van der Waals surface area (Å²) in [5.41, 5.74) is 7.48. The summed E-state index contributed by atoms with van der Waals surface area (Å²) in [6, 6.07) is 16.5. The lowest BCUT2D eigenvalue weighted by atomic mass is 10.1. The molecule has 3 N–H and O–H groups in total. The summed E-state index contributed by atoms with van der Waals surface area (Å²) < 4.78 is 5.75. The van der Waals surface area contributed by atoms with E-state index in [4.69, 9.17) is 10.5 Å². The number of carbonyl (C=O) groups is 1. The smallest absolute Gasteiger partial charge is 0.241 e. The highest BCUT2D eigenvalue weighted by Gasteiger charge is 2.15. The molecule has 0 heterocycles. The van der Waals surface area contributed by atoms with Crippen molar-refractivity contribution < 1.29 is 9.53 Å². The number of carbonyl (C=O) groups excluding carboxylic acids is 1. The molecule has 0 unspecified atom stereocenters. The van der Waals surface area contributed by atoms with Crippen molar-refractivity contribution in [1.82, 2.24) is 0 Å². The molecule has 0 spiro atoms. The number of nitrogens with two attached hydrogens (primary N) is 1. The first-order chi connectivity index (χ1) is 10.8. The van der Waals surface area contributed by atoms with Crippen LogP contribution in [0.2, 0.25) is 0 Å². The molecule has 1 amide bonds. The molecule has 4 nitrogen and oxygen atoms in total. The number of hydrogen-bond donors (Lipinski definition) is 2. The van der Waals surface area contributed by atoms with E-state index in [1.165, 1.54) is 0 Å². The first kappa shape index (κ1) is 17.0. The number of anilines is 1. The highest BCUT2D eigenvalue weighted by atomic mass is 16.5. The van der Waals surface area contributed by atoms with Crippen molar-refractivity contribution in [2.24, 2.45) is 5.73 Å². The van der Waals surface area contributed by atoms with Gasteiger partial charge in [-0.15, -0.1) is 0 Å². The van der Waals surface area contributed by atoms with Crippen molar-refractivity contribution in [1.29, 1.82) is 0 Å². The second-order valence-corrected chi connectivity index (χ2v) is 6.52. The Morgan fingerprint density at radius 1 is 1.09 bits per heavy atom. The highest BCUT2D eigenvalue weighted by Crippen LogP contribution is 2.20. The van der Waals surface area contributed by atoms with Gasteiger partial charge in [0.05, 0.1) is 6.04 Å². The molecular formula is C19H24N2O2. The number of ether oxygens (including phenoxy) is 1. The fourth-order valence-electron chi connectivity index (χ4n) is 2.16. The van der Waals surface area contributed by atoms with Gasteiger partial charge in [-0.25, -0.2) is 0 Å². The molecule has 0 aliphatic carbocycles. The molecule has 0 fully saturated rings. The maximum absolute atomic E-state index is 12.2. The van der Waals surface area contributed by atoms with Gasteiger partial charge >= 0.3 is 0 Å². The predicted octanol–water partition coefficient (Wildman–Crippen LogP) is 3.37. The molecule has 2 rings (SSSR count). The predicted molar refractivity (Wildman–Crippen MR) is 93.6 cm³/mol. The van der Waals surface area contributed by atoms with Gasteiger partial charge in [-0.3, -0.25) is 4.79 Å². The molecule has 23 heavy (non-hydrogen) atoms. The maximum atomic E-state index is 12.2. The van der Waals surface area contributed by atoms with Gasteiger partial charge < -0.3 is 15.8 Å². The zero-order chi connectivity index (χ0) is 16.9. The Labute approximate surface area is 137 Å². The molecule has 122 valence electrons. The van der Waals surface area contributed by atoms with Crippen molar-refractivity contribution in [3.05, 3.63) is 60.2 Å². The number of amides is 1. The molecule has 2 aromatic carbocycles. The number of rotatable bonds is 5. The fraction of sp³-hybridized carbons (Fsp3) is 0.316. The van der Waals surface area contributed by atoms with Crippen molar-refractivity contribution in [3.8, 4) is 5.75 Å². The zero-order valence-corrected chi connectivity index (χ0v) is 13.9. The Hall–Kier alpha value is -2.33. The van der Waals surface area contributed by atoms with Crippen molar-refractivity contribution >= 4 is 11.6 Å². The molecule has 0 saturated carbocycles. The average Bonchev–Trinajstić information content (AvgIpc) is 2.48. The van der Waals surface area contributed by atoms with Gasteiger partial charge in [0.2, 0.25) is 5.91 Å². The molecular weight excluding hydrogens is 288 g/mol. The van der Waals surface area contributed by atoms with Crippen LogP contribution in [0.15, 0.2) is 54.6 Å². The van der Waals surface area contributed by atoms with E-state index < -0.39 is 6.04 Å². The van der Waals surface area contributed by atoms with Gasteiger partial charge in [0, 0.05) is 5.69 Å². The minimum atomic E-state index is -0.581. The molecule has 0 bridgehead atoms. The summed E-state index contributed by atoms with van der Waals surface area (Å²) in [6.07, 6.45) is 0.512. The topological polar surface area (TPSA) is 64.3 Å². The van der Waals surface area contributed by atoms with E-state index in [9.17, 15) is 4.79 Å². The molecule has 0 aliphatic heterocycles. The molecule has 0 radical (unpaired) electrons. The van der Waals surface area contributed by atoms with Crippen LogP contribution in [0.25, 0.3) is 0 Å². The van der Waals surface area contributed by atoms with Crippen LogP contribution in [0.1, 0.15) is 26.3 Å². The van der Waals surface area contributed by atoms with Gasteiger partial charge in [-0.2, -0.15) is 0 Å². The highest BCUT2D eigenvalue weighted by molar-refractivity contribution is 5.94. The van der Waals surface area contributed by atoms with E-state index >= 15 is 0 Å². The van der Waals surface area contributed by atoms with Crippen molar-refractivity contribution in [3.63, 3.8) is 0 Å². The number of benzene rings is 2. The second-order valence-electron chi connectivity index (χ2n) is 6.52. The summed E-state index contributed by atoms with van der Waals surface area (Å²) in [7, 11) is 0. The van der Waals surface area contributed by atoms with Crippen LogP contribution in [-0.2, 0) is 11.2 Å². The van der Waals surface area contributed by atoms with E-state index in [1.807, 2.05) is 75.4 Å². The Kier molecular flexibility index (Phi) is 5.40. The van der Waals surface area contributed by atoms with Gasteiger partial charge in [0.25, 0.3) is 0 Å². The van der Waals surface area contributed by atoms with E-state index in [1.54, 1.807) is 0 Å². The third kappa shape index (κ3) is 5.75. The van der Waals surface area contributed by atoms with E-state index in [0.29, 0.717) is 12.1 Å². The molecule has 1 atom stereocenters. The lowest BCUT2D eigenvalue weighted by Gasteiger charge is -2.21. The minimum Gasteiger partial charge on any atom is -0.488 e. The molecule has 0 saturated heterocycles. The first-order valence-corrected chi connectivity index (χ1v) is 7.73. The molecule has 2 aromatic rings. The van der Waals surface area contributed by atoms with Gasteiger partial charge in [-0.05, 0) is 57.0 Å². The van der Waals surface area contributed by atoms with Gasteiger partial charge in [-0.1, -0.05) is 30.3 Å². The summed E-state index contributed by atoms with van der Waals surface area (Å²) in [4.78, 5) is 12.2. The summed E-state index contributed by atoms with van der Waals surface area (Å²) in [5.74, 6) is 0.572. The Morgan fingerprint density at radius 2 is 1.70 bits per heavy atom. The zero-order valence-electron chi connectivity index (χ0n) is 13.9. The van der Waals surface area contributed by atoms with E-state index in [0.717, 1.165) is 11.3 Å².